The normalized spacial score (nSPS) is 11.5. The van der Waals surface area contributed by atoms with Gasteiger partial charge in [-0.25, -0.2) is 4.52 Å². The molecule has 3 nitrogen and oxygen atoms in total. The molecule has 0 unspecified atom stereocenters. The van der Waals surface area contributed by atoms with Crippen LogP contribution in [-0.2, 0) is 0 Å². The third-order valence-electron chi connectivity index (χ3n) is 3.93. The molecule has 0 saturated carbocycles. The minimum absolute atomic E-state index is 0.00270. The molecule has 0 radical (unpaired) electrons. The summed E-state index contributed by atoms with van der Waals surface area (Å²) in [6.07, 6.45) is 7.10. The number of fused-ring (bicyclic) bond motifs is 2. The quantitative estimate of drug-likeness (QED) is 0.415. The molecule has 110 valence electrons. The van der Waals surface area contributed by atoms with Crippen molar-refractivity contribution in [1.29, 1.82) is 0 Å². The van der Waals surface area contributed by atoms with Crippen LogP contribution in [0.5, 0.6) is 0 Å². The molecular formula is C20H14N2O. The van der Waals surface area contributed by atoms with Gasteiger partial charge in [-0.2, -0.15) is 5.10 Å². The maximum Gasteiger partial charge on any atom is 0.186 e. The van der Waals surface area contributed by atoms with Crippen molar-refractivity contribution in [2.75, 3.05) is 0 Å². The van der Waals surface area contributed by atoms with E-state index in [4.69, 9.17) is 0 Å². The van der Waals surface area contributed by atoms with Crippen LogP contribution in [0.2, 0.25) is 0 Å². The van der Waals surface area contributed by atoms with Crippen LogP contribution < -0.4 is 0 Å². The highest BCUT2D eigenvalue weighted by Crippen LogP contribution is 2.20. The molecule has 0 atom stereocenters. The largest absolute Gasteiger partial charge is 0.289 e. The molecule has 2 heterocycles. The first kappa shape index (κ1) is 13.5. The van der Waals surface area contributed by atoms with Gasteiger partial charge < -0.3 is 0 Å². The molecule has 0 bridgehead atoms. The van der Waals surface area contributed by atoms with Crippen LogP contribution in [0.15, 0.2) is 79.1 Å². The lowest BCUT2D eigenvalue weighted by atomic mass is 10.0. The Morgan fingerprint density at radius 3 is 2.74 bits per heavy atom. The summed E-state index contributed by atoms with van der Waals surface area (Å²) in [5.74, 6) is -0.00270. The van der Waals surface area contributed by atoms with E-state index in [1.165, 1.54) is 0 Å². The Hall–Kier alpha value is -3.20. The van der Waals surface area contributed by atoms with Crippen LogP contribution in [-0.4, -0.2) is 15.4 Å². The van der Waals surface area contributed by atoms with E-state index in [2.05, 4.69) is 5.10 Å². The second-order valence-electron chi connectivity index (χ2n) is 5.35. The number of benzene rings is 2. The van der Waals surface area contributed by atoms with E-state index in [9.17, 15) is 4.79 Å². The number of rotatable bonds is 3. The van der Waals surface area contributed by atoms with Gasteiger partial charge in [-0.15, -0.1) is 0 Å². The Kier molecular flexibility index (Phi) is 3.24. The first-order chi connectivity index (χ1) is 11.3. The Morgan fingerprint density at radius 1 is 0.957 bits per heavy atom. The summed E-state index contributed by atoms with van der Waals surface area (Å²) < 4.78 is 1.79. The van der Waals surface area contributed by atoms with E-state index in [1.54, 1.807) is 16.8 Å². The van der Waals surface area contributed by atoms with Crippen LogP contribution >= 0.6 is 0 Å². The number of allylic oxidation sites excluding steroid dienone is 1. The van der Waals surface area contributed by atoms with Gasteiger partial charge in [-0.05, 0) is 35.1 Å². The fourth-order valence-electron chi connectivity index (χ4n) is 2.78. The molecule has 0 aliphatic rings. The van der Waals surface area contributed by atoms with E-state index >= 15 is 0 Å². The Balaban J connectivity index is 1.72. The summed E-state index contributed by atoms with van der Waals surface area (Å²) in [7, 11) is 0. The number of nitrogens with zero attached hydrogens (tertiary/aromatic N) is 2. The van der Waals surface area contributed by atoms with Crippen molar-refractivity contribution in [3.8, 4) is 0 Å². The molecule has 0 spiro atoms. The minimum Gasteiger partial charge on any atom is -0.289 e. The molecule has 23 heavy (non-hydrogen) atoms. The number of hydrogen-bond acceptors (Lipinski definition) is 2. The van der Waals surface area contributed by atoms with Crippen molar-refractivity contribution in [2.24, 2.45) is 0 Å². The predicted octanol–water partition coefficient (Wildman–Crippen LogP) is 4.38. The molecule has 0 amide bonds. The average molecular weight is 298 g/mol. The lowest BCUT2D eigenvalue weighted by Crippen LogP contribution is -1.95. The lowest BCUT2D eigenvalue weighted by Gasteiger charge is -2.02. The summed E-state index contributed by atoms with van der Waals surface area (Å²) in [5, 5.41) is 6.32. The summed E-state index contributed by atoms with van der Waals surface area (Å²) in [6.45, 7) is 0. The topological polar surface area (TPSA) is 34.4 Å². The zero-order valence-electron chi connectivity index (χ0n) is 12.4. The predicted molar refractivity (Wildman–Crippen MR) is 92.5 cm³/mol. The van der Waals surface area contributed by atoms with Crippen molar-refractivity contribution >= 4 is 28.1 Å². The van der Waals surface area contributed by atoms with Crippen LogP contribution in [0, 0.1) is 0 Å². The molecule has 0 N–H and O–H groups in total. The molecule has 0 aliphatic carbocycles. The van der Waals surface area contributed by atoms with Crippen LogP contribution in [0.3, 0.4) is 0 Å². The van der Waals surface area contributed by atoms with Gasteiger partial charge in [-0.1, -0.05) is 48.5 Å². The van der Waals surface area contributed by atoms with Crippen molar-refractivity contribution in [3.05, 3.63) is 90.3 Å². The van der Waals surface area contributed by atoms with Gasteiger partial charge in [0.1, 0.15) is 0 Å². The van der Waals surface area contributed by atoms with E-state index in [-0.39, 0.29) is 5.78 Å². The van der Waals surface area contributed by atoms with Crippen LogP contribution in [0.4, 0.5) is 0 Å². The number of ketones is 1. The van der Waals surface area contributed by atoms with E-state index in [0.29, 0.717) is 0 Å². The van der Waals surface area contributed by atoms with Crippen molar-refractivity contribution in [2.45, 2.75) is 0 Å². The highest BCUT2D eigenvalue weighted by Gasteiger charge is 2.07. The zero-order valence-corrected chi connectivity index (χ0v) is 12.4. The zero-order chi connectivity index (χ0) is 15.6. The van der Waals surface area contributed by atoms with Crippen molar-refractivity contribution in [1.82, 2.24) is 9.61 Å². The summed E-state index contributed by atoms with van der Waals surface area (Å²) in [4.78, 5) is 12.6. The Labute approximate surface area is 133 Å². The SMILES string of the molecule is O=C(/C=C/c1cnn2ccccc12)c1cccc2ccccc12. The number of pyridine rings is 1. The third kappa shape index (κ3) is 2.42. The number of hydrogen-bond donors (Lipinski definition) is 0. The minimum atomic E-state index is -0.00270. The smallest absolute Gasteiger partial charge is 0.186 e. The van der Waals surface area contributed by atoms with Crippen LogP contribution in [0.25, 0.3) is 22.4 Å². The third-order valence-corrected chi connectivity index (χ3v) is 3.93. The summed E-state index contributed by atoms with van der Waals surface area (Å²) >= 11 is 0. The highest BCUT2D eigenvalue weighted by atomic mass is 16.1. The van der Waals surface area contributed by atoms with Gasteiger partial charge in [0.05, 0.1) is 11.7 Å². The number of carbonyl (C=O) groups is 1. The maximum atomic E-state index is 12.6. The monoisotopic (exact) mass is 298 g/mol. The number of aromatic nitrogens is 2. The molecule has 3 heteroatoms. The van der Waals surface area contributed by atoms with Gasteiger partial charge in [0.2, 0.25) is 0 Å². The molecule has 4 rings (SSSR count). The fourth-order valence-corrected chi connectivity index (χ4v) is 2.78. The molecule has 0 aliphatic heterocycles. The molecular weight excluding hydrogens is 284 g/mol. The van der Waals surface area contributed by atoms with E-state index < -0.39 is 0 Å². The Morgan fingerprint density at radius 2 is 1.78 bits per heavy atom. The molecule has 0 saturated heterocycles. The van der Waals surface area contributed by atoms with Gasteiger partial charge in [0.15, 0.2) is 5.78 Å². The first-order valence-electron chi connectivity index (χ1n) is 7.45. The van der Waals surface area contributed by atoms with E-state index in [1.807, 2.05) is 72.9 Å². The molecule has 2 aromatic heterocycles. The van der Waals surface area contributed by atoms with Crippen LogP contribution in [0.1, 0.15) is 15.9 Å². The fraction of sp³-hybridized carbons (Fsp3) is 0. The summed E-state index contributed by atoms with van der Waals surface area (Å²) in [6, 6.07) is 19.6. The lowest BCUT2D eigenvalue weighted by molar-refractivity contribution is 0.104. The summed E-state index contributed by atoms with van der Waals surface area (Å²) in [5.41, 5.74) is 2.63. The second-order valence-corrected chi connectivity index (χ2v) is 5.35. The van der Waals surface area contributed by atoms with Gasteiger partial charge in [0, 0.05) is 17.3 Å². The van der Waals surface area contributed by atoms with Crippen molar-refractivity contribution < 1.29 is 4.79 Å². The van der Waals surface area contributed by atoms with Crippen molar-refractivity contribution in [3.63, 3.8) is 0 Å². The Bertz CT molecular complexity index is 1040. The maximum absolute atomic E-state index is 12.6. The molecule has 2 aromatic carbocycles. The number of carbonyl (C=O) groups excluding carboxylic acids is 1. The highest BCUT2D eigenvalue weighted by molar-refractivity contribution is 6.14. The molecule has 0 fully saturated rings. The second kappa shape index (κ2) is 5.54. The molecule has 4 aromatic rings. The average Bonchev–Trinajstić information content (AvgIpc) is 3.02. The first-order valence-corrected chi connectivity index (χ1v) is 7.45. The van der Waals surface area contributed by atoms with E-state index in [0.717, 1.165) is 27.4 Å². The standard InChI is InChI=1S/C20H14N2O/c23-20(18-9-5-7-15-6-1-2-8-17(15)18)12-11-16-14-21-22-13-4-3-10-19(16)22/h1-14H/b12-11+. The van der Waals surface area contributed by atoms with Gasteiger partial charge in [-0.3, -0.25) is 4.79 Å². The van der Waals surface area contributed by atoms with Gasteiger partial charge >= 0.3 is 0 Å². The van der Waals surface area contributed by atoms with Gasteiger partial charge in [0.25, 0.3) is 0 Å².